The number of hydrogen-bond donors (Lipinski definition) is 1. The third kappa shape index (κ3) is 2.15. The predicted molar refractivity (Wildman–Crippen MR) is 70.1 cm³/mol. The van der Waals surface area contributed by atoms with Gasteiger partial charge in [0.25, 0.3) is 0 Å². The molecule has 0 radical (unpaired) electrons. The quantitative estimate of drug-likeness (QED) is 0.903. The predicted octanol–water partition coefficient (Wildman–Crippen LogP) is 2.75. The molecule has 1 aliphatic carbocycles. The fraction of sp³-hybridized carbons (Fsp3) is 0.462. The van der Waals surface area contributed by atoms with Crippen LogP contribution in [0.3, 0.4) is 0 Å². The van der Waals surface area contributed by atoms with Gasteiger partial charge in [0.1, 0.15) is 22.0 Å². The zero-order valence-electron chi connectivity index (χ0n) is 10.0. The molecule has 2 heterocycles. The van der Waals surface area contributed by atoms with Crippen LogP contribution in [0.5, 0.6) is 0 Å². The maximum absolute atomic E-state index is 10.6. The summed E-state index contributed by atoms with van der Waals surface area (Å²) >= 11 is 1.52. The van der Waals surface area contributed by atoms with Gasteiger partial charge in [0.15, 0.2) is 0 Å². The summed E-state index contributed by atoms with van der Waals surface area (Å²) < 4.78 is 0. The van der Waals surface area contributed by atoms with E-state index in [1.807, 2.05) is 17.5 Å². The topological polar surface area (TPSA) is 58.9 Å². The fourth-order valence-electron chi connectivity index (χ4n) is 2.39. The average Bonchev–Trinajstić information content (AvgIpc) is 2.91. The normalized spacial score (nSPS) is 18.7. The van der Waals surface area contributed by atoms with Gasteiger partial charge in [0, 0.05) is 11.6 Å². The van der Waals surface area contributed by atoms with Crippen LogP contribution in [0.25, 0.3) is 11.4 Å². The molecule has 0 saturated heterocycles. The maximum atomic E-state index is 10.6. The molecule has 5 heteroatoms. The summed E-state index contributed by atoms with van der Waals surface area (Å²) in [6.45, 7) is 0. The first kappa shape index (κ1) is 11.7. The van der Waals surface area contributed by atoms with E-state index in [2.05, 4.69) is 15.2 Å². The van der Waals surface area contributed by atoms with Crippen molar-refractivity contribution in [2.75, 3.05) is 0 Å². The third-order valence-corrected chi connectivity index (χ3v) is 4.45. The van der Waals surface area contributed by atoms with Crippen LogP contribution in [0.15, 0.2) is 23.7 Å². The van der Waals surface area contributed by atoms with Gasteiger partial charge in [0.2, 0.25) is 0 Å². The van der Waals surface area contributed by atoms with Gasteiger partial charge in [-0.3, -0.25) is 0 Å². The highest BCUT2D eigenvalue weighted by atomic mass is 32.1. The molecule has 2 aromatic heterocycles. The molecule has 3 rings (SSSR count). The zero-order chi connectivity index (χ0) is 12.4. The smallest absolute Gasteiger partial charge is 0.125 e. The van der Waals surface area contributed by atoms with Gasteiger partial charge < -0.3 is 5.11 Å². The van der Waals surface area contributed by atoms with Gasteiger partial charge in [-0.15, -0.1) is 16.4 Å². The van der Waals surface area contributed by atoms with Crippen molar-refractivity contribution >= 4 is 11.3 Å². The average molecular weight is 261 g/mol. The molecule has 1 aliphatic rings. The summed E-state index contributed by atoms with van der Waals surface area (Å²) in [7, 11) is 0. The Hall–Kier alpha value is -1.33. The van der Waals surface area contributed by atoms with Crippen molar-refractivity contribution in [2.24, 2.45) is 0 Å². The van der Waals surface area contributed by atoms with Crippen molar-refractivity contribution in [3.8, 4) is 11.4 Å². The number of hydrogen-bond acceptors (Lipinski definition) is 5. The summed E-state index contributed by atoms with van der Waals surface area (Å²) in [5.74, 6) is 0. The molecular weight excluding hydrogens is 246 g/mol. The van der Waals surface area contributed by atoms with Crippen molar-refractivity contribution in [1.29, 1.82) is 0 Å². The van der Waals surface area contributed by atoms with Crippen LogP contribution >= 0.6 is 11.3 Å². The Kier molecular flexibility index (Phi) is 3.09. The highest BCUT2D eigenvalue weighted by Crippen LogP contribution is 2.39. The standard InChI is InChI=1S/C13H15N3OS/c17-13(6-2-1-3-7-13)12-15-11(9-18-12)10-5-4-8-14-16-10/h4-5,8-9,17H,1-3,6-7H2. The van der Waals surface area contributed by atoms with Crippen molar-refractivity contribution in [2.45, 2.75) is 37.7 Å². The van der Waals surface area contributed by atoms with Gasteiger partial charge in [0.05, 0.1) is 0 Å². The summed E-state index contributed by atoms with van der Waals surface area (Å²) in [6.07, 6.45) is 6.66. The molecule has 94 valence electrons. The van der Waals surface area contributed by atoms with E-state index in [-0.39, 0.29) is 0 Å². The van der Waals surface area contributed by atoms with Crippen LogP contribution in [0.2, 0.25) is 0 Å². The van der Waals surface area contributed by atoms with E-state index in [0.717, 1.165) is 42.1 Å². The van der Waals surface area contributed by atoms with E-state index >= 15 is 0 Å². The lowest BCUT2D eigenvalue weighted by Gasteiger charge is -2.29. The second-order valence-corrected chi connectivity index (χ2v) is 5.60. The second kappa shape index (κ2) is 4.74. The van der Waals surface area contributed by atoms with Gasteiger partial charge in [-0.25, -0.2) is 4.98 Å². The lowest BCUT2D eigenvalue weighted by Crippen LogP contribution is -2.28. The molecule has 0 aliphatic heterocycles. The van der Waals surface area contributed by atoms with E-state index in [4.69, 9.17) is 0 Å². The first-order valence-electron chi connectivity index (χ1n) is 6.24. The molecule has 1 N–H and O–H groups in total. The van der Waals surface area contributed by atoms with Crippen LogP contribution in [-0.4, -0.2) is 20.3 Å². The maximum Gasteiger partial charge on any atom is 0.125 e. The lowest BCUT2D eigenvalue weighted by molar-refractivity contribution is -0.000740. The monoisotopic (exact) mass is 261 g/mol. The van der Waals surface area contributed by atoms with Crippen molar-refractivity contribution in [1.82, 2.24) is 15.2 Å². The number of aromatic nitrogens is 3. The Morgan fingerprint density at radius 3 is 2.72 bits per heavy atom. The van der Waals surface area contributed by atoms with E-state index in [1.165, 1.54) is 17.8 Å². The Balaban J connectivity index is 1.89. The molecule has 18 heavy (non-hydrogen) atoms. The summed E-state index contributed by atoms with van der Waals surface area (Å²) in [4.78, 5) is 4.54. The summed E-state index contributed by atoms with van der Waals surface area (Å²) in [5.41, 5.74) is 0.852. The Labute approximate surface area is 110 Å². The molecule has 0 aromatic carbocycles. The van der Waals surface area contributed by atoms with Gasteiger partial charge in [-0.05, 0) is 25.0 Å². The molecular formula is C13H15N3OS. The molecule has 0 bridgehead atoms. The Morgan fingerprint density at radius 2 is 2.00 bits per heavy atom. The van der Waals surface area contributed by atoms with Crippen LogP contribution in [0, 0.1) is 0 Å². The number of aliphatic hydroxyl groups is 1. The molecule has 0 atom stereocenters. The highest BCUT2D eigenvalue weighted by molar-refractivity contribution is 7.10. The Bertz CT molecular complexity index is 520. The molecule has 1 saturated carbocycles. The summed E-state index contributed by atoms with van der Waals surface area (Å²) in [5, 5.41) is 21.3. The number of nitrogens with zero attached hydrogens (tertiary/aromatic N) is 3. The second-order valence-electron chi connectivity index (χ2n) is 4.74. The van der Waals surface area contributed by atoms with Crippen molar-refractivity contribution in [3.63, 3.8) is 0 Å². The van der Waals surface area contributed by atoms with E-state index in [0.29, 0.717) is 0 Å². The van der Waals surface area contributed by atoms with Crippen LogP contribution < -0.4 is 0 Å². The Morgan fingerprint density at radius 1 is 1.17 bits per heavy atom. The third-order valence-electron chi connectivity index (χ3n) is 3.42. The van der Waals surface area contributed by atoms with Gasteiger partial charge in [-0.1, -0.05) is 19.3 Å². The van der Waals surface area contributed by atoms with Crippen LogP contribution in [0.1, 0.15) is 37.1 Å². The largest absolute Gasteiger partial charge is 0.383 e. The molecule has 0 spiro atoms. The van der Waals surface area contributed by atoms with Gasteiger partial charge in [-0.2, -0.15) is 5.10 Å². The highest BCUT2D eigenvalue weighted by Gasteiger charge is 2.34. The number of rotatable bonds is 2. The van der Waals surface area contributed by atoms with E-state index in [9.17, 15) is 5.11 Å². The van der Waals surface area contributed by atoms with Crippen molar-refractivity contribution < 1.29 is 5.11 Å². The van der Waals surface area contributed by atoms with E-state index < -0.39 is 5.60 Å². The SMILES string of the molecule is OC1(c2nc(-c3cccnn3)cs2)CCCCC1. The molecule has 0 unspecified atom stereocenters. The minimum absolute atomic E-state index is 0.719. The molecule has 0 amide bonds. The fourth-order valence-corrected chi connectivity index (χ4v) is 3.37. The minimum Gasteiger partial charge on any atom is -0.383 e. The van der Waals surface area contributed by atoms with Crippen LogP contribution in [-0.2, 0) is 5.60 Å². The first-order valence-corrected chi connectivity index (χ1v) is 7.12. The minimum atomic E-state index is -0.719. The molecule has 1 fully saturated rings. The van der Waals surface area contributed by atoms with Gasteiger partial charge >= 0.3 is 0 Å². The molecule has 4 nitrogen and oxygen atoms in total. The van der Waals surface area contributed by atoms with E-state index in [1.54, 1.807) is 6.20 Å². The van der Waals surface area contributed by atoms with Crippen molar-refractivity contribution in [3.05, 3.63) is 28.7 Å². The number of thiazole rings is 1. The summed E-state index contributed by atoms with van der Waals surface area (Å²) in [6, 6.07) is 3.73. The lowest BCUT2D eigenvalue weighted by atomic mass is 9.85. The zero-order valence-corrected chi connectivity index (χ0v) is 10.9. The molecule has 2 aromatic rings. The first-order chi connectivity index (χ1) is 8.78. The van der Waals surface area contributed by atoms with Crippen LogP contribution in [0.4, 0.5) is 0 Å².